The van der Waals surface area contributed by atoms with Crippen molar-refractivity contribution in [2.24, 2.45) is 0 Å². The van der Waals surface area contributed by atoms with Crippen molar-refractivity contribution in [1.82, 2.24) is 0 Å². The maximum atomic E-state index is 2.38. The van der Waals surface area contributed by atoms with E-state index in [0.717, 1.165) is 0 Å². The van der Waals surface area contributed by atoms with Gasteiger partial charge in [0.2, 0.25) is 0 Å². The molecule has 0 saturated carbocycles. The molecule has 0 nitrogen and oxygen atoms in total. The van der Waals surface area contributed by atoms with E-state index in [9.17, 15) is 0 Å². The van der Waals surface area contributed by atoms with Crippen molar-refractivity contribution in [1.29, 1.82) is 0 Å². The Morgan fingerprint density at radius 3 is 0.730 bits per heavy atom. The average Bonchev–Trinajstić information content (AvgIpc) is 1.52. The highest BCUT2D eigenvalue weighted by molar-refractivity contribution is 5.91. The molecule has 0 heterocycles. The quantitative estimate of drug-likeness (QED) is 0.165. The second kappa shape index (κ2) is 31.5. The van der Waals surface area contributed by atoms with E-state index in [2.05, 4.69) is 478 Å². The molecule has 0 bridgehead atoms. The molecule has 0 heteroatoms. The van der Waals surface area contributed by atoms with Gasteiger partial charge >= 0.3 is 0 Å². The normalized spacial score (nSPS) is 14.8. The van der Waals surface area contributed by atoms with Gasteiger partial charge < -0.3 is 0 Å². The summed E-state index contributed by atoms with van der Waals surface area (Å²) in [7, 11) is 0. The highest BCUT2D eigenvalue weighted by atomic mass is 14.5. The molecule has 604 valence electrons. The summed E-state index contributed by atoms with van der Waals surface area (Å²) in [5.74, 6) is 0. The first-order valence-electron chi connectivity index (χ1n) is 44.0. The van der Waals surface area contributed by atoms with Crippen LogP contribution < -0.4 is 0 Å². The Kier molecular flexibility index (Phi) is 21.1. The van der Waals surface area contributed by atoms with Gasteiger partial charge in [-0.25, -0.2) is 0 Å². The first-order valence-corrected chi connectivity index (χ1v) is 44.0. The van der Waals surface area contributed by atoms with Crippen LogP contribution in [-0.2, 0) is 32.5 Å². The molecule has 0 unspecified atom stereocenters. The second-order valence-electron chi connectivity index (χ2n) is 37.7. The molecule has 0 aromatic heterocycles. The Morgan fingerprint density at radius 2 is 0.393 bits per heavy atom. The third-order valence-corrected chi connectivity index (χ3v) is 28.1. The molecule has 6 aliphatic rings. The van der Waals surface area contributed by atoms with Crippen LogP contribution in [-0.4, -0.2) is 0 Å². The Bertz CT molecular complexity index is 6330. The van der Waals surface area contributed by atoms with Crippen LogP contribution in [0.25, 0.3) is 66.8 Å². The van der Waals surface area contributed by atoms with E-state index in [1.165, 1.54) is 223 Å². The second-order valence-corrected chi connectivity index (χ2v) is 37.7. The molecular formula is C122H116. The van der Waals surface area contributed by atoms with Crippen molar-refractivity contribution >= 4 is 0 Å². The summed E-state index contributed by atoms with van der Waals surface area (Å²) < 4.78 is 0. The lowest BCUT2D eigenvalue weighted by atomic mass is 9.66. The van der Waals surface area contributed by atoms with Crippen molar-refractivity contribution in [2.75, 3.05) is 0 Å². The zero-order valence-electron chi connectivity index (χ0n) is 75.3. The van der Waals surface area contributed by atoms with Gasteiger partial charge in [-0.1, -0.05) is 428 Å². The van der Waals surface area contributed by atoms with E-state index in [0.29, 0.717) is 0 Å². The Labute approximate surface area is 728 Å². The summed E-state index contributed by atoms with van der Waals surface area (Å²) >= 11 is 0. The minimum atomic E-state index is -0.274. The smallest absolute Gasteiger partial charge is 0.0622 e. The van der Waals surface area contributed by atoms with Gasteiger partial charge in [0.25, 0.3) is 0 Å². The number of hydrogen-bond acceptors (Lipinski definition) is 0. The molecule has 0 amide bonds. The lowest BCUT2D eigenvalue weighted by molar-refractivity contribution is 0.651. The molecule has 22 rings (SSSR count). The zero-order chi connectivity index (χ0) is 85.7. The molecule has 0 atom stereocenters. The molecule has 0 saturated heterocycles. The SMILES string of the molecule is Cc1ccc2c(c1)-c1cc(C)ccc1C2(C)C.Cc1ccc2c(c1)C(C)(C)c1cc(C)ccc1-2.Cc1ccc2c(c1)C(c1ccccc1)(c1ccccc1)c1cc(C)ccc1-2.Cc1cccc2c1-c1c(C)cccc1C2(C)C.Cc1cccc2c1C(C)(C)c1c(C)cccc1-2.Cc1cccc2c1C(c1ccccc1)(c1ccccc1)c1c(C)cccc1-2. The Morgan fingerprint density at radius 1 is 0.148 bits per heavy atom. The number of hydrogen-bond donors (Lipinski definition) is 0. The van der Waals surface area contributed by atoms with Crippen molar-refractivity contribution < 1.29 is 0 Å². The van der Waals surface area contributed by atoms with Crippen molar-refractivity contribution in [2.45, 2.75) is 171 Å². The third-order valence-electron chi connectivity index (χ3n) is 28.1. The number of fused-ring (bicyclic) bond motifs is 18. The molecular weight excluding hydrogens is 1470 g/mol. The van der Waals surface area contributed by atoms with Gasteiger partial charge in [0.1, 0.15) is 0 Å². The van der Waals surface area contributed by atoms with Crippen LogP contribution in [0.3, 0.4) is 0 Å². The lowest BCUT2D eigenvalue weighted by Crippen LogP contribution is -2.30. The first-order chi connectivity index (χ1) is 58.5. The van der Waals surface area contributed by atoms with E-state index in [-0.39, 0.29) is 32.5 Å². The van der Waals surface area contributed by atoms with Gasteiger partial charge in [-0.05, 0) is 272 Å². The van der Waals surface area contributed by atoms with Gasteiger partial charge in [0.05, 0.1) is 10.8 Å². The van der Waals surface area contributed by atoms with Crippen LogP contribution >= 0.6 is 0 Å². The monoisotopic (exact) mass is 1580 g/mol. The van der Waals surface area contributed by atoms with E-state index in [1.807, 2.05) is 0 Å². The highest BCUT2D eigenvalue weighted by Crippen LogP contribution is 2.61. The van der Waals surface area contributed by atoms with Gasteiger partial charge in [-0.15, -0.1) is 0 Å². The summed E-state index contributed by atoms with van der Waals surface area (Å²) in [4.78, 5) is 0. The van der Waals surface area contributed by atoms with Gasteiger partial charge in [0, 0.05) is 21.7 Å². The maximum Gasteiger partial charge on any atom is 0.0718 e. The summed E-state index contributed by atoms with van der Waals surface area (Å²) in [6, 6.07) is 125. The van der Waals surface area contributed by atoms with Crippen LogP contribution in [0.15, 0.2) is 340 Å². The highest BCUT2D eigenvalue weighted by Gasteiger charge is 2.50. The Balaban J connectivity index is 0.000000106. The molecule has 16 aromatic rings. The van der Waals surface area contributed by atoms with Gasteiger partial charge in [-0.3, -0.25) is 0 Å². The number of rotatable bonds is 4. The van der Waals surface area contributed by atoms with Gasteiger partial charge in [-0.2, -0.15) is 0 Å². The first kappa shape index (κ1) is 81.9. The maximum absolute atomic E-state index is 2.38. The summed E-state index contributed by atoms with van der Waals surface area (Å²) in [5, 5.41) is 0. The van der Waals surface area contributed by atoms with Gasteiger partial charge in [0.15, 0.2) is 0 Å². The molecule has 0 fully saturated rings. The fourth-order valence-electron chi connectivity index (χ4n) is 22.5. The lowest BCUT2D eigenvalue weighted by Gasteiger charge is -2.35. The van der Waals surface area contributed by atoms with E-state index in [4.69, 9.17) is 0 Å². The zero-order valence-corrected chi connectivity index (χ0v) is 75.3. The minimum absolute atomic E-state index is 0.140. The van der Waals surface area contributed by atoms with Crippen LogP contribution in [0.5, 0.6) is 0 Å². The standard InChI is InChI=1S/2C27H22.4C17H18/c1-19-11-9-17-23-24-18-10-12-20(2)26(24)27(25(19)23,21-13-5-3-6-14-21)22-15-7-4-8-16-22;1-19-13-15-23-24-16-14-20(2)18-26(24)27(25(23)17-19,21-9-5-3-6-10-21)22-11-7-4-8-12-22;1-11-5-7-15-13(9-11)14-10-12(2)6-8-16(14)17(15,3)4;1-11-5-7-13-14-8-6-12(2)10-16(14)17(3,4)15(13)9-11;1-11-7-5-9-13-15(11)16-12(2)8-6-10-14(16)17(13,3)4;1-11-7-5-9-13-14-10-6-8-12(2)16(14)17(3,4)15(11)13/h2*3-18H,1-2H3;4*5-10H,1-4H3. The fourth-order valence-corrected chi connectivity index (χ4v) is 22.5. The Hall–Kier alpha value is -12.5. The van der Waals surface area contributed by atoms with Crippen molar-refractivity contribution in [3.8, 4) is 66.8 Å². The summed E-state index contributed by atoms with van der Waals surface area (Å²) in [6.07, 6.45) is 0. The molecule has 16 aromatic carbocycles. The predicted octanol–water partition coefficient (Wildman–Crippen LogP) is 31.8. The fraction of sp³-hybridized carbons (Fsp3) is 0.213. The predicted molar refractivity (Wildman–Crippen MR) is 520 cm³/mol. The number of aryl methyl sites for hydroxylation is 12. The molecule has 0 aliphatic heterocycles. The molecule has 6 aliphatic carbocycles. The molecule has 0 radical (unpaired) electrons. The molecule has 0 N–H and O–H groups in total. The number of benzene rings is 16. The summed E-state index contributed by atoms with van der Waals surface area (Å²) in [5.41, 5.74) is 55.9. The van der Waals surface area contributed by atoms with Crippen LogP contribution in [0, 0.1) is 83.1 Å². The topological polar surface area (TPSA) is 0 Å². The van der Waals surface area contributed by atoms with Crippen molar-refractivity contribution in [3.05, 3.63) is 495 Å². The van der Waals surface area contributed by atoms with Crippen LogP contribution in [0.2, 0.25) is 0 Å². The minimum Gasteiger partial charge on any atom is -0.0622 e. The summed E-state index contributed by atoms with van der Waals surface area (Å²) in [6.45, 7) is 45.1. The average molecular weight is 1580 g/mol. The molecule has 122 heavy (non-hydrogen) atoms. The van der Waals surface area contributed by atoms with E-state index in [1.54, 1.807) is 0 Å². The van der Waals surface area contributed by atoms with Crippen LogP contribution in [0.1, 0.15) is 211 Å². The molecule has 0 spiro atoms. The van der Waals surface area contributed by atoms with Crippen LogP contribution in [0.4, 0.5) is 0 Å². The largest absolute Gasteiger partial charge is 0.0718 e. The van der Waals surface area contributed by atoms with E-state index >= 15 is 0 Å². The van der Waals surface area contributed by atoms with Crippen molar-refractivity contribution in [3.63, 3.8) is 0 Å². The third kappa shape index (κ3) is 13.4. The van der Waals surface area contributed by atoms with E-state index < -0.39 is 0 Å².